The number of aryl methyl sites for hydroxylation is 2. The zero-order valence-corrected chi connectivity index (χ0v) is 11.5. The Balaban J connectivity index is 1.57. The van der Waals surface area contributed by atoms with Crippen molar-refractivity contribution in [1.29, 1.82) is 0 Å². The lowest BCUT2D eigenvalue weighted by Gasteiger charge is -2.29. The molecule has 1 heterocycles. The molecule has 3 rings (SSSR count). The van der Waals surface area contributed by atoms with Crippen LogP contribution in [0.25, 0.3) is 0 Å². The van der Waals surface area contributed by atoms with Gasteiger partial charge in [-0.05, 0) is 50.0 Å². The van der Waals surface area contributed by atoms with E-state index in [1.165, 1.54) is 63.6 Å². The zero-order valence-electron chi connectivity index (χ0n) is 11.5. The standard InChI is InChI=1S/C15H25N3/c1-18-14(7-11-17-18)6-10-15(8-2-3-9-15)12-16-13-4-5-13/h7,11,13,16H,2-6,8-10,12H2,1H3. The topological polar surface area (TPSA) is 29.9 Å². The molecule has 100 valence electrons. The fraction of sp³-hybridized carbons (Fsp3) is 0.800. The van der Waals surface area contributed by atoms with Gasteiger partial charge in [-0.3, -0.25) is 4.68 Å². The molecule has 0 unspecified atom stereocenters. The van der Waals surface area contributed by atoms with Gasteiger partial charge in [0, 0.05) is 31.5 Å². The van der Waals surface area contributed by atoms with Crippen LogP contribution in [0.4, 0.5) is 0 Å². The van der Waals surface area contributed by atoms with Gasteiger partial charge in [-0.2, -0.15) is 5.10 Å². The van der Waals surface area contributed by atoms with E-state index in [2.05, 4.69) is 23.5 Å². The van der Waals surface area contributed by atoms with Crippen molar-refractivity contribution < 1.29 is 0 Å². The Labute approximate surface area is 110 Å². The average molecular weight is 247 g/mol. The maximum atomic E-state index is 4.27. The van der Waals surface area contributed by atoms with E-state index in [1.807, 2.05) is 10.9 Å². The molecule has 1 N–H and O–H groups in total. The number of nitrogens with zero attached hydrogens (tertiary/aromatic N) is 2. The first-order valence-electron chi connectivity index (χ1n) is 7.48. The molecule has 2 aliphatic carbocycles. The van der Waals surface area contributed by atoms with E-state index in [9.17, 15) is 0 Å². The van der Waals surface area contributed by atoms with Gasteiger partial charge in [0.05, 0.1) is 0 Å². The highest BCUT2D eigenvalue weighted by atomic mass is 15.2. The Hall–Kier alpha value is -0.830. The summed E-state index contributed by atoms with van der Waals surface area (Å²) in [7, 11) is 2.05. The summed E-state index contributed by atoms with van der Waals surface area (Å²) >= 11 is 0. The molecule has 1 aromatic heterocycles. The summed E-state index contributed by atoms with van der Waals surface area (Å²) in [6.07, 6.45) is 12.9. The lowest BCUT2D eigenvalue weighted by atomic mass is 9.81. The Morgan fingerprint density at radius 1 is 1.39 bits per heavy atom. The van der Waals surface area contributed by atoms with Crippen LogP contribution in [0, 0.1) is 5.41 Å². The molecular weight excluding hydrogens is 222 g/mol. The lowest BCUT2D eigenvalue weighted by molar-refractivity contribution is 0.254. The van der Waals surface area contributed by atoms with Gasteiger partial charge in [0.1, 0.15) is 0 Å². The molecule has 2 saturated carbocycles. The molecule has 0 aromatic carbocycles. The molecule has 0 spiro atoms. The first-order chi connectivity index (χ1) is 8.77. The molecule has 0 radical (unpaired) electrons. The molecule has 3 nitrogen and oxygen atoms in total. The molecule has 3 heteroatoms. The summed E-state index contributed by atoms with van der Waals surface area (Å²) in [6, 6.07) is 3.01. The molecular formula is C15H25N3. The second-order valence-electron chi connectivity index (χ2n) is 6.31. The fourth-order valence-electron chi connectivity index (χ4n) is 3.33. The summed E-state index contributed by atoms with van der Waals surface area (Å²) in [5.41, 5.74) is 1.96. The molecule has 18 heavy (non-hydrogen) atoms. The molecule has 0 saturated heterocycles. The largest absolute Gasteiger partial charge is 0.313 e. The predicted octanol–water partition coefficient (Wildman–Crippen LogP) is 2.67. The van der Waals surface area contributed by atoms with Crippen LogP contribution in [-0.4, -0.2) is 22.4 Å². The van der Waals surface area contributed by atoms with Crippen molar-refractivity contribution >= 4 is 0 Å². The van der Waals surface area contributed by atoms with E-state index in [0.29, 0.717) is 5.41 Å². The Kier molecular flexibility index (Phi) is 3.42. The third-order valence-electron chi connectivity index (χ3n) is 4.84. The maximum Gasteiger partial charge on any atom is 0.0492 e. The van der Waals surface area contributed by atoms with Gasteiger partial charge in [0.2, 0.25) is 0 Å². The van der Waals surface area contributed by atoms with Crippen LogP contribution in [0.15, 0.2) is 12.3 Å². The summed E-state index contributed by atoms with van der Waals surface area (Å²) < 4.78 is 2.02. The van der Waals surface area contributed by atoms with Crippen molar-refractivity contribution in [3.63, 3.8) is 0 Å². The van der Waals surface area contributed by atoms with E-state index in [-0.39, 0.29) is 0 Å². The van der Waals surface area contributed by atoms with Crippen molar-refractivity contribution in [1.82, 2.24) is 15.1 Å². The zero-order chi connectivity index (χ0) is 12.4. The van der Waals surface area contributed by atoms with Crippen LogP contribution >= 0.6 is 0 Å². The van der Waals surface area contributed by atoms with Crippen molar-refractivity contribution in [2.24, 2.45) is 12.5 Å². The summed E-state index contributed by atoms with van der Waals surface area (Å²) in [5, 5.41) is 8.03. The van der Waals surface area contributed by atoms with Crippen LogP contribution < -0.4 is 5.32 Å². The van der Waals surface area contributed by atoms with Gasteiger partial charge < -0.3 is 5.32 Å². The minimum Gasteiger partial charge on any atom is -0.313 e. The maximum absolute atomic E-state index is 4.27. The number of rotatable bonds is 6. The molecule has 0 aliphatic heterocycles. The predicted molar refractivity (Wildman–Crippen MR) is 73.5 cm³/mol. The van der Waals surface area contributed by atoms with Crippen LogP contribution in [0.3, 0.4) is 0 Å². The molecule has 0 bridgehead atoms. The number of hydrogen-bond acceptors (Lipinski definition) is 2. The molecule has 0 atom stereocenters. The summed E-state index contributed by atoms with van der Waals surface area (Å²) in [6.45, 7) is 1.25. The number of aromatic nitrogens is 2. The quantitative estimate of drug-likeness (QED) is 0.837. The van der Waals surface area contributed by atoms with E-state index >= 15 is 0 Å². The molecule has 2 aliphatic rings. The Morgan fingerprint density at radius 2 is 2.17 bits per heavy atom. The van der Waals surface area contributed by atoms with E-state index < -0.39 is 0 Å². The average Bonchev–Trinajstić information content (AvgIpc) is 2.94. The SMILES string of the molecule is Cn1nccc1CCC1(CNC2CC2)CCCC1. The normalized spacial score (nSPS) is 22.5. The first-order valence-corrected chi connectivity index (χ1v) is 7.48. The first kappa shape index (κ1) is 12.2. The van der Waals surface area contributed by atoms with Gasteiger partial charge >= 0.3 is 0 Å². The highest BCUT2D eigenvalue weighted by molar-refractivity contribution is 5.02. The third-order valence-corrected chi connectivity index (χ3v) is 4.84. The van der Waals surface area contributed by atoms with E-state index in [1.54, 1.807) is 0 Å². The second-order valence-corrected chi connectivity index (χ2v) is 6.31. The van der Waals surface area contributed by atoms with Crippen molar-refractivity contribution in [2.45, 2.75) is 57.4 Å². The monoisotopic (exact) mass is 247 g/mol. The highest BCUT2D eigenvalue weighted by Crippen LogP contribution is 2.42. The van der Waals surface area contributed by atoms with Gasteiger partial charge in [0.15, 0.2) is 0 Å². The van der Waals surface area contributed by atoms with Crippen molar-refractivity contribution in [2.75, 3.05) is 6.54 Å². The van der Waals surface area contributed by atoms with Crippen molar-refractivity contribution in [3.05, 3.63) is 18.0 Å². The number of nitrogens with one attached hydrogen (secondary N) is 1. The Bertz CT molecular complexity index is 386. The van der Waals surface area contributed by atoms with Gasteiger partial charge in [-0.15, -0.1) is 0 Å². The van der Waals surface area contributed by atoms with Crippen molar-refractivity contribution in [3.8, 4) is 0 Å². The smallest absolute Gasteiger partial charge is 0.0492 e. The summed E-state index contributed by atoms with van der Waals surface area (Å²) in [4.78, 5) is 0. The Morgan fingerprint density at radius 3 is 2.78 bits per heavy atom. The summed E-state index contributed by atoms with van der Waals surface area (Å²) in [5.74, 6) is 0. The third kappa shape index (κ3) is 2.77. The second kappa shape index (κ2) is 5.04. The van der Waals surface area contributed by atoms with Crippen LogP contribution in [0.2, 0.25) is 0 Å². The lowest BCUT2D eigenvalue weighted by Crippen LogP contribution is -2.34. The highest BCUT2D eigenvalue weighted by Gasteiger charge is 2.35. The molecule has 0 amide bonds. The van der Waals surface area contributed by atoms with Gasteiger partial charge in [0.25, 0.3) is 0 Å². The van der Waals surface area contributed by atoms with Crippen LogP contribution in [0.5, 0.6) is 0 Å². The minimum absolute atomic E-state index is 0.576. The van der Waals surface area contributed by atoms with Gasteiger partial charge in [-0.25, -0.2) is 0 Å². The molecule has 2 fully saturated rings. The molecule has 1 aromatic rings. The number of hydrogen-bond donors (Lipinski definition) is 1. The van der Waals surface area contributed by atoms with E-state index in [4.69, 9.17) is 0 Å². The van der Waals surface area contributed by atoms with Gasteiger partial charge in [-0.1, -0.05) is 12.8 Å². The van der Waals surface area contributed by atoms with Crippen LogP contribution in [-0.2, 0) is 13.5 Å². The van der Waals surface area contributed by atoms with E-state index in [0.717, 1.165) is 6.04 Å². The van der Waals surface area contributed by atoms with Crippen LogP contribution in [0.1, 0.15) is 50.6 Å². The minimum atomic E-state index is 0.576. The fourth-order valence-corrected chi connectivity index (χ4v) is 3.33.